The highest BCUT2D eigenvalue weighted by Crippen LogP contribution is 2.20. The highest BCUT2D eigenvalue weighted by atomic mass is 79.9. The fourth-order valence-electron chi connectivity index (χ4n) is 1.52. The van der Waals surface area contributed by atoms with Gasteiger partial charge in [-0.1, -0.05) is 0 Å². The Balaban J connectivity index is 2.49. The zero-order valence-corrected chi connectivity index (χ0v) is 13.6. The molecular formula is C14H19BrN2O4. The summed E-state index contributed by atoms with van der Waals surface area (Å²) in [6, 6.07) is 4.73. The summed E-state index contributed by atoms with van der Waals surface area (Å²) in [5.74, 6) is -0.932. The van der Waals surface area contributed by atoms with Gasteiger partial charge in [-0.05, 0) is 47.5 Å². The van der Waals surface area contributed by atoms with E-state index in [0.717, 1.165) is 0 Å². The van der Waals surface area contributed by atoms with Crippen molar-refractivity contribution < 1.29 is 19.1 Å². The van der Waals surface area contributed by atoms with E-state index >= 15 is 0 Å². The van der Waals surface area contributed by atoms with Crippen LogP contribution in [0.1, 0.15) is 23.7 Å². The average molecular weight is 359 g/mol. The van der Waals surface area contributed by atoms with Crippen LogP contribution in [0.2, 0.25) is 0 Å². The number of nitrogen functional groups attached to an aromatic ring is 1. The summed E-state index contributed by atoms with van der Waals surface area (Å²) in [6.45, 7) is 2.55. The first-order valence-electron chi connectivity index (χ1n) is 6.48. The molecule has 0 radical (unpaired) electrons. The van der Waals surface area contributed by atoms with Gasteiger partial charge in [-0.15, -0.1) is 0 Å². The second-order valence-corrected chi connectivity index (χ2v) is 5.28. The number of benzene rings is 1. The Morgan fingerprint density at radius 1 is 1.43 bits per heavy atom. The van der Waals surface area contributed by atoms with Crippen LogP contribution >= 0.6 is 15.9 Å². The molecule has 21 heavy (non-hydrogen) atoms. The van der Waals surface area contributed by atoms with Crippen molar-refractivity contribution in [3.63, 3.8) is 0 Å². The number of halogens is 1. The summed E-state index contributed by atoms with van der Waals surface area (Å²) >= 11 is 3.24. The van der Waals surface area contributed by atoms with Crippen LogP contribution < -0.4 is 11.1 Å². The maximum Gasteiger partial charge on any atom is 0.338 e. The Labute approximate surface area is 132 Å². The van der Waals surface area contributed by atoms with Gasteiger partial charge in [0.05, 0.1) is 5.56 Å². The molecule has 0 saturated carbocycles. The van der Waals surface area contributed by atoms with E-state index in [1.165, 1.54) is 13.0 Å². The molecule has 0 aromatic heterocycles. The van der Waals surface area contributed by atoms with Gasteiger partial charge in [-0.25, -0.2) is 4.79 Å². The molecule has 0 saturated heterocycles. The Kier molecular flexibility index (Phi) is 7.18. The summed E-state index contributed by atoms with van der Waals surface area (Å²) in [4.78, 5) is 23.6. The molecule has 0 aliphatic heterocycles. The number of amides is 1. The van der Waals surface area contributed by atoms with Crippen LogP contribution in [0.25, 0.3) is 0 Å². The van der Waals surface area contributed by atoms with Crippen molar-refractivity contribution in [2.45, 2.75) is 19.4 Å². The lowest BCUT2D eigenvalue weighted by Gasteiger charge is -2.13. The van der Waals surface area contributed by atoms with Crippen LogP contribution in [0.5, 0.6) is 0 Å². The number of nitrogens with two attached hydrogens (primary N) is 1. The summed E-state index contributed by atoms with van der Waals surface area (Å²) in [6.07, 6.45) is -0.170. The normalized spacial score (nSPS) is 11.8. The molecule has 1 atom stereocenters. The molecule has 0 aliphatic carbocycles. The highest BCUT2D eigenvalue weighted by Gasteiger charge is 2.18. The topological polar surface area (TPSA) is 90.6 Å². The van der Waals surface area contributed by atoms with Gasteiger partial charge >= 0.3 is 5.97 Å². The van der Waals surface area contributed by atoms with E-state index in [9.17, 15) is 9.59 Å². The minimum atomic E-state index is -0.870. The van der Waals surface area contributed by atoms with Crippen molar-refractivity contribution in [1.82, 2.24) is 5.32 Å². The van der Waals surface area contributed by atoms with Gasteiger partial charge in [0.25, 0.3) is 5.91 Å². The number of methoxy groups -OCH3 is 1. The zero-order chi connectivity index (χ0) is 15.8. The van der Waals surface area contributed by atoms with E-state index in [0.29, 0.717) is 35.3 Å². The molecule has 1 aromatic carbocycles. The quantitative estimate of drug-likeness (QED) is 0.440. The van der Waals surface area contributed by atoms with Crippen molar-refractivity contribution in [2.75, 3.05) is 26.0 Å². The van der Waals surface area contributed by atoms with Crippen LogP contribution in [0, 0.1) is 0 Å². The number of rotatable bonds is 7. The van der Waals surface area contributed by atoms with Crippen molar-refractivity contribution >= 4 is 33.5 Å². The monoisotopic (exact) mass is 358 g/mol. The molecule has 0 fully saturated rings. The predicted octanol–water partition coefficient (Wildman–Crippen LogP) is 1.73. The number of ether oxygens (including phenoxy) is 2. The van der Waals surface area contributed by atoms with Gasteiger partial charge in [0, 0.05) is 30.4 Å². The smallest absolute Gasteiger partial charge is 0.338 e. The lowest BCUT2D eigenvalue weighted by molar-refractivity contribution is -0.129. The largest absolute Gasteiger partial charge is 0.449 e. The van der Waals surface area contributed by atoms with Gasteiger partial charge in [0.1, 0.15) is 0 Å². The highest BCUT2D eigenvalue weighted by molar-refractivity contribution is 9.10. The Hall–Kier alpha value is -1.60. The Bertz CT molecular complexity index is 508. The molecule has 1 rings (SSSR count). The first kappa shape index (κ1) is 17.5. The van der Waals surface area contributed by atoms with Crippen LogP contribution in [0.3, 0.4) is 0 Å². The SMILES string of the molecule is COCCCNC(=O)C(C)OC(=O)c1ccc(Br)c(N)c1. The number of hydrogen-bond donors (Lipinski definition) is 2. The minimum Gasteiger partial charge on any atom is -0.449 e. The number of anilines is 1. The molecule has 1 amide bonds. The number of carbonyl (C=O) groups is 2. The Morgan fingerprint density at radius 3 is 2.76 bits per heavy atom. The molecular weight excluding hydrogens is 340 g/mol. The van der Waals surface area contributed by atoms with Gasteiger partial charge in [-0.3, -0.25) is 4.79 Å². The third kappa shape index (κ3) is 5.73. The summed E-state index contributed by atoms with van der Waals surface area (Å²) in [7, 11) is 1.59. The van der Waals surface area contributed by atoms with E-state index in [1.54, 1.807) is 19.2 Å². The summed E-state index contributed by atoms with van der Waals surface area (Å²) in [5.41, 5.74) is 6.43. The lowest BCUT2D eigenvalue weighted by Crippen LogP contribution is -2.36. The first-order valence-corrected chi connectivity index (χ1v) is 7.27. The zero-order valence-electron chi connectivity index (χ0n) is 12.0. The van der Waals surface area contributed by atoms with Gasteiger partial charge < -0.3 is 20.5 Å². The van der Waals surface area contributed by atoms with Gasteiger partial charge in [-0.2, -0.15) is 0 Å². The molecule has 0 aliphatic rings. The van der Waals surface area contributed by atoms with Gasteiger partial charge in [0.15, 0.2) is 6.10 Å². The van der Waals surface area contributed by atoms with Crippen molar-refractivity contribution in [2.24, 2.45) is 0 Å². The van der Waals surface area contributed by atoms with Crippen LogP contribution in [0.15, 0.2) is 22.7 Å². The first-order chi connectivity index (χ1) is 9.95. The van der Waals surface area contributed by atoms with Crippen molar-refractivity contribution in [3.05, 3.63) is 28.2 Å². The number of hydrogen-bond acceptors (Lipinski definition) is 5. The van der Waals surface area contributed by atoms with Crippen molar-refractivity contribution in [1.29, 1.82) is 0 Å². The van der Waals surface area contributed by atoms with E-state index in [-0.39, 0.29) is 5.91 Å². The number of esters is 1. The Morgan fingerprint density at radius 2 is 2.14 bits per heavy atom. The standard InChI is InChI=1S/C14H19BrN2O4/c1-9(13(18)17-6-3-7-20-2)21-14(19)10-4-5-11(15)12(16)8-10/h4-5,8-9H,3,6-7,16H2,1-2H3,(H,17,18). The van der Waals surface area contributed by atoms with Crippen LogP contribution in [0.4, 0.5) is 5.69 Å². The molecule has 116 valence electrons. The summed E-state index contributed by atoms with van der Waals surface area (Å²) in [5, 5.41) is 2.67. The molecule has 0 spiro atoms. The van der Waals surface area contributed by atoms with Gasteiger partial charge in [0.2, 0.25) is 0 Å². The second-order valence-electron chi connectivity index (χ2n) is 4.42. The predicted molar refractivity (Wildman–Crippen MR) is 82.9 cm³/mol. The maximum atomic E-state index is 11.9. The minimum absolute atomic E-state index is 0.301. The van der Waals surface area contributed by atoms with E-state index in [1.807, 2.05) is 0 Å². The second kappa shape index (κ2) is 8.63. The fourth-order valence-corrected chi connectivity index (χ4v) is 1.77. The van der Waals surface area contributed by atoms with Crippen LogP contribution in [-0.2, 0) is 14.3 Å². The van der Waals surface area contributed by atoms with Crippen LogP contribution in [-0.4, -0.2) is 38.2 Å². The molecule has 7 heteroatoms. The number of nitrogens with one attached hydrogen (secondary N) is 1. The average Bonchev–Trinajstić information content (AvgIpc) is 2.46. The molecule has 0 heterocycles. The van der Waals surface area contributed by atoms with E-state index in [2.05, 4.69) is 21.2 Å². The maximum absolute atomic E-state index is 11.9. The third-order valence-corrected chi connectivity index (χ3v) is 3.43. The number of carbonyl (C=O) groups excluding carboxylic acids is 2. The van der Waals surface area contributed by atoms with E-state index in [4.69, 9.17) is 15.2 Å². The molecule has 3 N–H and O–H groups in total. The third-order valence-electron chi connectivity index (χ3n) is 2.71. The van der Waals surface area contributed by atoms with Crippen molar-refractivity contribution in [3.8, 4) is 0 Å². The molecule has 1 unspecified atom stereocenters. The molecule has 0 bridgehead atoms. The lowest BCUT2D eigenvalue weighted by atomic mass is 10.2. The fraction of sp³-hybridized carbons (Fsp3) is 0.429. The summed E-state index contributed by atoms with van der Waals surface area (Å²) < 4.78 is 10.7. The molecule has 6 nitrogen and oxygen atoms in total. The van der Waals surface area contributed by atoms with E-state index < -0.39 is 12.1 Å². The molecule has 1 aromatic rings.